The first kappa shape index (κ1) is 29.5. The zero-order valence-electron chi connectivity index (χ0n) is 23.4. The zero-order valence-corrected chi connectivity index (χ0v) is 23.4. The standard InChI is InChI=1S/C29H48N8O2/c30-27-21-28(37-14-12-36(13-15-37)16-18-39-19-17-38)35-29(34-27)33-23-25-7-4-6-24(20-25)22-31-10-5-11-32-26-8-2-1-3-9-26/h4,6-7,20-21,26,31-32,38H,1-3,5,8-19,22-23H2,(H3,30,33,34,35). The molecule has 1 saturated heterocycles. The first-order valence-electron chi connectivity index (χ1n) is 14.8. The summed E-state index contributed by atoms with van der Waals surface area (Å²) in [6, 6.07) is 11.2. The van der Waals surface area contributed by atoms with Gasteiger partial charge in [0, 0.05) is 57.9 Å². The predicted molar refractivity (Wildman–Crippen MR) is 158 cm³/mol. The van der Waals surface area contributed by atoms with E-state index < -0.39 is 0 Å². The van der Waals surface area contributed by atoms with Crippen LogP contribution >= 0.6 is 0 Å². The molecule has 39 heavy (non-hydrogen) atoms. The molecule has 1 aromatic heterocycles. The van der Waals surface area contributed by atoms with Crippen molar-refractivity contribution in [2.45, 2.75) is 57.7 Å². The van der Waals surface area contributed by atoms with Crippen molar-refractivity contribution in [3.8, 4) is 0 Å². The molecule has 216 valence electrons. The molecule has 4 rings (SSSR count). The van der Waals surface area contributed by atoms with Crippen molar-refractivity contribution in [1.29, 1.82) is 0 Å². The number of nitrogens with zero attached hydrogens (tertiary/aromatic N) is 4. The van der Waals surface area contributed by atoms with Crippen LogP contribution in [0.4, 0.5) is 17.6 Å². The molecule has 2 heterocycles. The number of nitrogens with one attached hydrogen (secondary N) is 3. The van der Waals surface area contributed by atoms with Crippen LogP contribution in [0, 0.1) is 0 Å². The van der Waals surface area contributed by atoms with E-state index >= 15 is 0 Å². The van der Waals surface area contributed by atoms with Gasteiger partial charge in [-0.15, -0.1) is 0 Å². The number of aromatic nitrogens is 2. The van der Waals surface area contributed by atoms with Crippen molar-refractivity contribution >= 4 is 17.6 Å². The lowest BCUT2D eigenvalue weighted by atomic mass is 9.95. The Morgan fingerprint density at radius 3 is 2.54 bits per heavy atom. The number of benzene rings is 1. The Hall–Kier alpha value is -2.50. The molecule has 1 aliphatic heterocycles. The minimum absolute atomic E-state index is 0.0698. The summed E-state index contributed by atoms with van der Waals surface area (Å²) < 4.78 is 5.40. The third-order valence-corrected chi connectivity index (χ3v) is 7.56. The number of rotatable bonds is 16. The molecular weight excluding hydrogens is 492 g/mol. The molecule has 0 unspecified atom stereocenters. The SMILES string of the molecule is Nc1cc(N2CCN(CCOCCO)CC2)nc(NCc2cccc(CNCCCNC3CCCCC3)c2)n1. The van der Waals surface area contributed by atoms with Crippen LogP contribution in [0.5, 0.6) is 0 Å². The van der Waals surface area contributed by atoms with Gasteiger partial charge in [0.1, 0.15) is 11.6 Å². The molecule has 0 spiro atoms. The van der Waals surface area contributed by atoms with E-state index in [4.69, 9.17) is 20.6 Å². The van der Waals surface area contributed by atoms with Gasteiger partial charge in [-0.1, -0.05) is 43.5 Å². The Balaban J connectivity index is 1.17. The van der Waals surface area contributed by atoms with Gasteiger partial charge >= 0.3 is 0 Å². The molecular formula is C29H48N8O2. The maximum Gasteiger partial charge on any atom is 0.226 e. The van der Waals surface area contributed by atoms with Gasteiger partial charge in [-0.2, -0.15) is 9.97 Å². The number of ether oxygens (including phenoxy) is 1. The van der Waals surface area contributed by atoms with Crippen molar-refractivity contribution in [3.63, 3.8) is 0 Å². The number of nitrogens with two attached hydrogens (primary N) is 1. The second kappa shape index (κ2) is 16.6. The van der Waals surface area contributed by atoms with E-state index in [1.807, 2.05) is 6.07 Å². The van der Waals surface area contributed by atoms with Crippen LogP contribution in [0.25, 0.3) is 0 Å². The van der Waals surface area contributed by atoms with E-state index in [-0.39, 0.29) is 6.61 Å². The van der Waals surface area contributed by atoms with Crippen LogP contribution < -0.4 is 26.6 Å². The number of aliphatic hydroxyl groups is 1. The highest BCUT2D eigenvalue weighted by Crippen LogP contribution is 2.19. The van der Waals surface area contributed by atoms with Crippen molar-refractivity contribution in [1.82, 2.24) is 25.5 Å². The molecule has 10 heteroatoms. The van der Waals surface area contributed by atoms with Gasteiger partial charge in [-0.25, -0.2) is 0 Å². The Morgan fingerprint density at radius 2 is 1.74 bits per heavy atom. The molecule has 6 N–H and O–H groups in total. The number of aliphatic hydroxyl groups excluding tert-OH is 1. The fourth-order valence-corrected chi connectivity index (χ4v) is 5.34. The summed E-state index contributed by atoms with van der Waals surface area (Å²) in [6.07, 6.45) is 8.01. The lowest BCUT2D eigenvalue weighted by Crippen LogP contribution is -2.47. The van der Waals surface area contributed by atoms with Crippen LogP contribution in [-0.2, 0) is 17.8 Å². The minimum atomic E-state index is 0.0698. The van der Waals surface area contributed by atoms with Gasteiger partial charge in [0.25, 0.3) is 0 Å². The molecule has 0 atom stereocenters. The second-order valence-electron chi connectivity index (χ2n) is 10.6. The van der Waals surface area contributed by atoms with Gasteiger partial charge in [-0.3, -0.25) is 4.90 Å². The molecule has 1 aliphatic carbocycles. The number of nitrogen functional groups attached to an aromatic ring is 1. The topological polar surface area (TPSA) is 124 Å². The van der Waals surface area contributed by atoms with Crippen LogP contribution in [0.3, 0.4) is 0 Å². The number of piperazine rings is 1. The quantitative estimate of drug-likeness (QED) is 0.203. The van der Waals surface area contributed by atoms with Crippen molar-refractivity contribution in [2.24, 2.45) is 0 Å². The van der Waals surface area contributed by atoms with E-state index in [0.29, 0.717) is 31.5 Å². The monoisotopic (exact) mass is 540 g/mol. The molecule has 0 amide bonds. The van der Waals surface area contributed by atoms with E-state index in [1.165, 1.54) is 43.2 Å². The first-order valence-corrected chi connectivity index (χ1v) is 14.8. The molecule has 1 saturated carbocycles. The average Bonchev–Trinajstić information content (AvgIpc) is 2.97. The van der Waals surface area contributed by atoms with Crippen LogP contribution in [0.1, 0.15) is 49.7 Å². The highest BCUT2D eigenvalue weighted by atomic mass is 16.5. The normalized spacial score (nSPS) is 17.0. The Labute approximate surface area is 233 Å². The van der Waals surface area contributed by atoms with Gasteiger partial charge in [0.2, 0.25) is 5.95 Å². The number of anilines is 3. The van der Waals surface area contributed by atoms with Crippen LogP contribution in [-0.4, -0.2) is 91.7 Å². The molecule has 0 radical (unpaired) electrons. The van der Waals surface area contributed by atoms with Gasteiger partial charge < -0.3 is 36.4 Å². The van der Waals surface area contributed by atoms with Gasteiger partial charge in [0.15, 0.2) is 0 Å². The van der Waals surface area contributed by atoms with Crippen molar-refractivity contribution in [2.75, 3.05) is 81.6 Å². The van der Waals surface area contributed by atoms with Crippen molar-refractivity contribution in [3.05, 3.63) is 41.5 Å². The third kappa shape index (κ3) is 10.5. The lowest BCUT2D eigenvalue weighted by Gasteiger charge is -2.35. The molecule has 0 bridgehead atoms. The zero-order chi connectivity index (χ0) is 27.1. The fraction of sp³-hybridized carbons (Fsp3) is 0.655. The Bertz CT molecular complexity index is 964. The molecule has 10 nitrogen and oxygen atoms in total. The minimum Gasteiger partial charge on any atom is -0.394 e. The highest BCUT2D eigenvalue weighted by Gasteiger charge is 2.19. The van der Waals surface area contributed by atoms with E-state index in [1.54, 1.807) is 0 Å². The largest absolute Gasteiger partial charge is 0.394 e. The highest BCUT2D eigenvalue weighted by molar-refractivity contribution is 5.52. The van der Waals surface area contributed by atoms with Gasteiger partial charge in [0.05, 0.1) is 19.8 Å². The van der Waals surface area contributed by atoms with Crippen LogP contribution in [0.15, 0.2) is 30.3 Å². The fourth-order valence-electron chi connectivity index (χ4n) is 5.34. The summed E-state index contributed by atoms with van der Waals surface area (Å²) in [5.41, 5.74) is 8.61. The Kier molecular flexibility index (Phi) is 12.5. The summed E-state index contributed by atoms with van der Waals surface area (Å²) >= 11 is 0. The maximum atomic E-state index is 8.83. The summed E-state index contributed by atoms with van der Waals surface area (Å²) in [4.78, 5) is 13.8. The number of hydrogen-bond donors (Lipinski definition) is 5. The van der Waals surface area contributed by atoms with E-state index in [9.17, 15) is 0 Å². The van der Waals surface area contributed by atoms with Crippen LogP contribution in [0.2, 0.25) is 0 Å². The second-order valence-corrected chi connectivity index (χ2v) is 10.6. The lowest BCUT2D eigenvalue weighted by molar-refractivity contribution is 0.0724. The summed E-state index contributed by atoms with van der Waals surface area (Å²) in [6.45, 7) is 9.25. The average molecular weight is 541 g/mol. The first-order chi connectivity index (χ1) is 19.2. The molecule has 2 fully saturated rings. The number of hydrogen-bond acceptors (Lipinski definition) is 10. The third-order valence-electron chi connectivity index (χ3n) is 7.56. The summed E-state index contributed by atoms with van der Waals surface area (Å²) in [5, 5.41) is 19.5. The van der Waals surface area contributed by atoms with Crippen molar-refractivity contribution < 1.29 is 9.84 Å². The summed E-state index contributed by atoms with van der Waals surface area (Å²) in [7, 11) is 0. The van der Waals surface area contributed by atoms with E-state index in [0.717, 1.165) is 70.6 Å². The van der Waals surface area contributed by atoms with Gasteiger partial charge in [-0.05, 0) is 43.5 Å². The maximum absolute atomic E-state index is 8.83. The molecule has 1 aromatic carbocycles. The van der Waals surface area contributed by atoms with E-state index in [2.05, 4.69) is 55.0 Å². The molecule has 2 aromatic rings. The predicted octanol–water partition coefficient (Wildman–Crippen LogP) is 2.20. The summed E-state index contributed by atoms with van der Waals surface area (Å²) in [5.74, 6) is 1.88. The Morgan fingerprint density at radius 1 is 0.949 bits per heavy atom. The smallest absolute Gasteiger partial charge is 0.226 e. The molecule has 2 aliphatic rings.